The summed E-state index contributed by atoms with van der Waals surface area (Å²) in [5, 5.41) is 3.10. The number of carbonyl (C=O) groups is 1. The van der Waals surface area contributed by atoms with Crippen molar-refractivity contribution >= 4 is 49.1 Å². The van der Waals surface area contributed by atoms with Crippen molar-refractivity contribution in [2.75, 3.05) is 19.6 Å². The first kappa shape index (κ1) is 17.1. The second-order valence-corrected chi connectivity index (χ2v) is 8.84. The molecule has 1 aromatic heterocycles. The largest absolute Gasteiger partial charge is 0.349 e. The molecule has 6 heteroatoms. The zero-order valence-corrected chi connectivity index (χ0v) is 16.6. The molecule has 1 amide bonds. The predicted molar refractivity (Wildman–Crippen MR) is 102 cm³/mol. The summed E-state index contributed by atoms with van der Waals surface area (Å²) >= 11 is 8.32. The van der Waals surface area contributed by atoms with Gasteiger partial charge in [0.15, 0.2) is 0 Å². The Morgan fingerprint density at radius 2 is 1.91 bits per heavy atom. The van der Waals surface area contributed by atoms with Gasteiger partial charge in [0.05, 0.1) is 14.7 Å². The molecule has 0 saturated carbocycles. The minimum Gasteiger partial charge on any atom is -0.349 e. The number of carbonyl (C=O) groups excluding carboxylic acids is 1. The zero-order valence-electron chi connectivity index (χ0n) is 12.6. The maximum absolute atomic E-state index is 12.4. The molecule has 1 unspecified atom stereocenters. The number of nitrogens with zero attached hydrogens (tertiary/aromatic N) is 1. The fraction of sp³-hybridized carbons (Fsp3) is 0.353. The second-order valence-electron chi connectivity index (χ2n) is 5.61. The number of amides is 1. The first-order valence-electron chi connectivity index (χ1n) is 7.67. The van der Waals surface area contributed by atoms with Crippen molar-refractivity contribution < 1.29 is 4.79 Å². The van der Waals surface area contributed by atoms with Crippen LogP contribution in [0.3, 0.4) is 0 Å². The van der Waals surface area contributed by atoms with Crippen molar-refractivity contribution in [1.82, 2.24) is 10.2 Å². The molecule has 122 valence electrons. The average Bonchev–Trinajstić information content (AvgIpc) is 3.19. The maximum atomic E-state index is 12.4. The monoisotopic (exact) mass is 456 g/mol. The lowest BCUT2D eigenvalue weighted by molar-refractivity contribution is 0.0942. The first-order valence-corrected chi connectivity index (χ1v) is 10.1. The summed E-state index contributed by atoms with van der Waals surface area (Å²) in [7, 11) is 0. The molecule has 1 fully saturated rings. The van der Waals surface area contributed by atoms with Gasteiger partial charge < -0.3 is 5.32 Å². The summed E-state index contributed by atoms with van der Waals surface area (Å²) < 4.78 is 1.87. The molecule has 23 heavy (non-hydrogen) atoms. The van der Waals surface area contributed by atoms with E-state index in [9.17, 15) is 4.79 Å². The Bertz CT molecular complexity index is 649. The van der Waals surface area contributed by atoms with Gasteiger partial charge in [0.25, 0.3) is 5.91 Å². The minimum absolute atomic E-state index is 0.0125. The average molecular weight is 458 g/mol. The zero-order chi connectivity index (χ0) is 16.2. The summed E-state index contributed by atoms with van der Waals surface area (Å²) in [5.74, 6) is -0.0125. The van der Waals surface area contributed by atoms with Gasteiger partial charge in [-0.2, -0.15) is 0 Å². The molecule has 0 spiro atoms. The third-order valence-corrected chi connectivity index (χ3v) is 7.35. The van der Waals surface area contributed by atoms with Crippen molar-refractivity contribution in [1.29, 1.82) is 0 Å². The van der Waals surface area contributed by atoms with Crippen molar-refractivity contribution in [2.24, 2.45) is 0 Å². The molecule has 1 aromatic carbocycles. The van der Waals surface area contributed by atoms with Gasteiger partial charge in [0, 0.05) is 11.0 Å². The van der Waals surface area contributed by atoms with Gasteiger partial charge in [-0.1, -0.05) is 30.3 Å². The Morgan fingerprint density at radius 3 is 2.52 bits per heavy atom. The Balaban J connectivity index is 1.70. The van der Waals surface area contributed by atoms with Crippen LogP contribution in [0.5, 0.6) is 0 Å². The van der Waals surface area contributed by atoms with Crippen LogP contribution in [-0.4, -0.2) is 30.4 Å². The highest BCUT2D eigenvalue weighted by atomic mass is 79.9. The molecule has 1 aliphatic heterocycles. The van der Waals surface area contributed by atoms with E-state index in [1.807, 2.05) is 12.1 Å². The van der Waals surface area contributed by atoms with Gasteiger partial charge in [-0.15, -0.1) is 11.3 Å². The molecular formula is C17H18Br2N2OS. The van der Waals surface area contributed by atoms with Gasteiger partial charge >= 0.3 is 0 Å². The Labute approximate surface area is 157 Å². The van der Waals surface area contributed by atoms with E-state index in [1.54, 1.807) is 0 Å². The molecule has 2 aromatic rings. The molecule has 2 heterocycles. The number of hydrogen-bond donors (Lipinski definition) is 1. The molecule has 3 nitrogen and oxygen atoms in total. The van der Waals surface area contributed by atoms with Crippen molar-refractivity contribution in [2.45, 2.75) is 18.9 Å². The predicted octanol–water partition coefficient (Wildman–Crippen LogP) is 4.84. The van der Waals surface area contributed by atoms with E-state index < -0.39 is 0 Å². The third kappa shape index (κ3) is 4.24. The SMILES string of the molecule is O=C(NCC(c1ccccc1)N1CCCC1)c1cc(Br)c(Br)s1. The summed E-state index contributed by atoms with van der Waals surface area (Å²) in [6, 6.07) is 12.6. The van der Waals surface area contributed by atoms with Gasteiger partial charge in [-0.3, -0.25) is 9.69 Å². The van der Waals surface area contributed by atoms with E-state index in [0.29, 0.717) is 6.54 Å². The number of hydrogen-bond acceptors (Lipinski definition) is 3. The normalized spacial score (nSPS) is 16.4. The lowest BCUT2D eigenvalue weighted by Gasteiger charge is -2.28. The molecule has 0 radical (unpaired) electrons. The Hall–Kier alpha value is -0.690. The molecule has 0 bridgehead atoms. The second kappa shape index (κ2) is 7.92. The summed E-state index contributed by atoms with van der Waals surface area (Å²) in [6.07, 6.45) is 2.48. The van der Waals surface area contributed by atoms with Crippen LogP contribution in [0.15, 0.2) is 44.7 Å². The lowest BCUT2D eigenvalue weighted by atomic mass is 10.1. The third-order valence-electron chi connectivity index (χ3n) is 4.09. The van der Waals surface area contributed by atoms with Crippen LogP contribution in [0, 0.1) is 0 Å². The minimum atomic E-state index is -0.0125. The van der Waals surface area contributed by atoms with Crippen LogP contribution < -0.4 is 5.32 Å². The van der Waals surface area contributed by atoms with E-state index in [4.69, 9.17) is 0 Å². The van der Waals surface area contributed by atoms with Crippen LogP contribution in [0.25, 0.3) is 0 Å². The van der Waals surface area contributed by atoms with E-state index in [-0.39, 0.29) is 11.9 Å². The highest BCUT2D eigenvalue weighted by molar-refractivity contribution is 9.13. The topological polar surface area (TPSA) is 32.3 Å². The number of benzene rings is 1. The number of likely N-dealkylation sites (tertiary alicyclic amines) is 1. The highest BCUT2D eigenvalue weighted by Gasteiger charge is 2.24. The van der Waals surface area contributed by atoms with E-state index in [0.717, 1.165) is 26.2 Å². The first-order chi connectivity index (χ1) is 11.1. The van der Waals surface area contributed by atoms with Gasteiger partial charge in [-0.25, -0.2) is 0 Å². The Morgan fingerprint density at radius 1 is 1.22 bits per heavy atom. The molecule has 1 atom stereocenters. The summed E-state index contributed by atoms with van der Waals surface area (Å²) in [4.78, 5) is 15.6. The molecule has 0 aliphatic carbocycles. The van der Waals surface area contributed by atoms with Crippen molar-refractivity contribution in [3.63, 3.8) is 0 Å². The van der Waals surface area contributed by atoms with Crippen LogP contribution in [0.2, 0.25) is 0 Å². The standard InChI is InChI=1S/C17H18Br2N2OS/c18-13-10-15(23-16(13)19)17(22)20-11-14(21-8-4-5-9-21)12-6-2-1-3-7-12/h1-3,6-7,10,14H,4-5,8-9,11H2,(H,20,22). The summed E-state index contributed by atoms with van der Waals surface area (Å²) in [5.41, 5.74) is 1.27. The van der Waals surface area contributed by atoms with Gasteiger partial charge in [-0.05, 0) is 69.4 Å². The highest BCUT2D eigenvalue weighted by Crippen LogP contribution is 2.32. The van der Waals surface area contributed by atoms with Crippen LogP contribution in [0.4, 0.5) is 0 Å². The number of rotatable bonds is 5. The number of thiophene rings is 1. The van der Waals surface area contributed by atoms with Crippen LogP contribution >= 0.6 is 43.2 Å². The molecule has 1 saturated heterocycles. The van der Waals surface area contributed by atoms with Gasteiger partial charge in [0.1, 0.15) is 0 Å². The summed E-state index contributed by atoms with van der Waals surface area (Å²) in [6.45, 7) is 2.84. The van der Waals surface area contributed by atoms with E-state index in [1.165, 1.54) is 29.7 Å². The maximum Gasteiger partial charge on any atom is 0.261 e. The number of nitrogens with one attached hydrogen (secondary N) is 1. The lowest BCUT2D eigenvalue weighted by Crippen LogP contribution is -2.36. The van der Waals surface area contributed by atoms with Crippen molar-refractivity contribution in [3.8, 4) is 0 Å². The molecule has 1 aliphatic rings. The molecule has 3 rings (SSSR count). The van der Waals surface area contributed by atoms with Crippen molar-refractivity contribution in [3.05, 3.63) is 55.1 Å². The van der Waals surface area contributed by atoms with Crippen LogP contribution in [-0.2, 0) is 0 Å². The van der Waals surface area contributed by atoms with Gasteiger partial charge in [0.2, 0.25) is 0 Å². The fourth-order valence-electron chi connectivity index (χ4n) is 2.92. The smallest absolute Gasteiger partial charge is 0.261 e. The van der Waals surface area contributed by atoms with E-state index >= 15 is 0 Å². The van der Waals surface area contributed by atoms with E-state index in [2.05, 4.69) is 66.3 Å². The molecule has 1 N–H and O–H groups in total. The fourth-order valence-corrected chi connectivity index (χ4v) is 4.87. The molecular weight excluding hydrogens is 440 g/mol. The quantitative estimate of drug-likeness (QED) is 0.696. The number of halogens is 2. The van der Waals surface area contributed by atoms with Crippen LogP contribution in [0.1, 0.15) is 34.1 Å². The Kier molecular flexibility index (Phi) is 5.91.